The summed E-state index contributed by atoms with van der Waals surface area (Å²) in [5.41, 5.74) is 0.904. The molecule has 0 aliphatic carbocycles. The predicted octanol–water partition coefficient (Wildman–Crippen LogP) is 4.02. The van der Waals surface area contributed by atoms with Crippen molar-refractivity contribution in [1.29, 1.82) is 0 Å². The van der Waals surface area contributed by atoms with E-state index in [1.165, 1.54) is 6.07 Å². The van der Waals surface area contributed by atoms with Crippen molar-refractivity contribution in [2.45, 2.75) is 13.5 Å². The normalized spacial score (nSPS) is 10.3. The molecule has 0 N–H and O–H groups in total. The zero-order chi connectivity index (χ0) is 14.5. The highest BCUT2D eigenvalue weighted by molar-refractivity contribution is 7.09. The quantitative estimate of drug-likeness (QED) is 0.761. The molecule has 1 aromatic heterocycles. The second-order valence-corrected chi connectivity index (χ2v) is 5.55. The van der Waals surface area contributed by atoms with E-state index in [0.29, 0.717) is 24.2 Å². The van der Waals surface area contributed by atoms with Crippen LogP contribution in [-0.2, 0) is 6.54 Å². The number of hydrogen-bond donors (Lipinski definition) is 0. The Balaban J connectivity index is 2.21. The Morgan fingerprint density at radius 2 is 2.25 bits per heavy atom. The zero-order valence-corrected chi connectivity index (χ0v) is 12.1. The molecule has 4 heteroatoms. The summed E-state index contributed by atoms with van der Waals surface area (Å²) in [5.74, 6) is -0.539. The largest absolute Gasteiger partial charge is 0.330 e. The third kappa shape index (κ3) is 3.33. The number of thiophene rings is 1. The molecule has 20 heavy (non-hydrogen) atoms. The molecule has 0 unspecified atom stereocenters. The Kier molecular flexibility index (Phi) is 4.69. The molecule has 0 spiro atoms. The third-order valence-corrected chi connectivity index (χ3v) is 3.84. The molecule has 2 nitrogen and oxygen atoms in total. The number of nitrogens with zero attached hydrogens (tertiary/aromatic N) is 1. The highest BCUT2D eigenvalue weighted by atomic mass is 32.1. The molecule has 0 saturated carbocycles. The van der Waals surface area contributed by atoms with E-state index in [0.717, 1.165) is 4.88 Å². The summed E-state index contributed by atoms with van der Waals surface area (Å²) < 4.78 is 13.6. The number of aryl methyl sites for hydroxylation is 1. The molecule has 0 aliphatic heterocycles. The zero-order valence-electron chi connectivity index (χ0n) is 11.3. The average molecular weight is 289 g/mol. The second kappa shape index (κ2) is 6.48. The summed E-state index contributed by atoms with van der Waals surface area (Å²) in [5, 5.41) is 1.97. The van der Waals surface area contributed by atoms with E-state index in [2.05, 4.69) is 6.58 Å². The van der Waals surface area contributed by atoms with Gasteiger partial charge in [0.15, 0.2) is 0 Å². The minimum absolute atomic E-state index is 0.183. The number of halogens is 1. The van der Waals surface area contributed by atoms with Crippen LogP contribution in [0.4, 0.5) is 4.39 Å². The lowest BCUT2D eigenvalue weighted by atomic mass is 10.1. The fourth-order valence-electron chi connectivity index (χ4n) is 1.87. The van der Waals surface area contributed by atoms with Gasteiger partial charge in [0.2, 0.25) is 0 Å². The minimum Gasteiger partial charge on any atom is -0.330 e. The maximum Gasteiger partial charge on any atom is 0.254 e. The maximum atomic E-state index is 13.6. The van der Waals surface area contributed by atoms with Crippen LogP contribution in [0.2, 0.25) is 0 Å². The molecule has 104 valence electrons. The Hall–Kier alpha value is -1.94. The molecule has 0 bridgehead atoms. The Bertz CT molecular complexity index is 607. The number of carbonyl (C=O) groups is 1. The summed E-state index contributed by atoms with van der Waals surface area (Å²) in [6, 6.07) is 8.50. The topological polar surface area (TPSA) is 20.3 Å². The van der Waals surface area contributed by atoms with Gasteiger partial charge in [-0.15, -0.1) is 17.9 Å². The molecule has 0 atom stereocenters. The van der Waals surface area contributed by atoms with Crippen LogP contribution in [0.3, 0.4) is 0 Å². The first kappa shape index (κ1) is 14.5. The van der Waals surface area contributed by atoms with E-state index in [-0.39, 0.29) is 11.7 Å². The van der Waals surface area contributed by atoms with Gasteiger partial charge in [-0.3, -0.25) is 4.79 Å². The fraction of sp³-hybridized carbons (Fsp3) is 0.188. The Morgan fingerprint density at radius 3 is 2.85 bits per heavy atom. The molecule has 2 rings (SSSR count). The van der Waals surface area contributed by atoms with E-state index in [1.807, 2.05) is 17.5 Å². The van der Waals surface area contributed by atoms with Crippen molar-refractivity contribution < 1.29 is 9.18 Å². The lowest BCUT2D eigenvalue weighted by molar-refractivity contribution is 0.0763. The van der Waals surface area contributed by atoms with E-state index < -0.39 is 0 Å². The first-order chi connectivity index (χ1) is 9.61. The monoisotopic (exact) mass is 289 g/mol. The van der Waals surface area contributed by atoms with Gasteiger partial charge in [0.1, 0.15) is 5.82 Å². The van der Waals surface area contributed by atoms with Gasteiger partial charge in [-0.2, -0.15) is 0 Å². The van der Waals surface area contributed by atoms with Crippen LogP contribution in [0.1, 0.15) is 20.8 Å². The minimum atomic E-state index is -0.356. The van der Waals surface area contributed by atoms with Crippen molar-refractivity contribution in [1.82, 2.24) is 4.90 Å². The third-order valence-electron chi connectivity index (χ3n) is 2.98. The van der Waals surface area contributed by atoms with Crippen molar-refractivity contribution in [3.05, 3.63) is 70.2 Å². The first-order valence-electron chi connectivity index (χ1n) is 6.30. The van der Waals surface area contributed by atoms with Crippen molar-refractivity contribution in [3.63, 3.8) is 0 Å². The molecule has 2 aromatic rings. The van der Waals surface area contributed by atoms with Gasteiger partial charge in [0.05, 0.1) is 6.54 Å². The van der Waals surface area contributed by atoms with Gasteiger partial charge >= 0.3 is 0 Å². The average Bonchev–Trinajstić information content (AvgIpc) is 2.93. The van der Waals surface area contributed by atoms with E-state index in [9.17, 15) is 9.18 Å². The summed E-state index contributed by atoms with van der Waals surface area (Å²) in [6.07, 6.45) is 1.68. The van der Waals surface area contributed by atoms with Crippen LogP contribution in [0.25, 0.3) is 0 Å². The Labute approximate surface area is 122 Å². The van der Waals surface area contributed by atoms with E-state index in [1.54, 1.807) is 41.4 Å². The summed E-state index contributed by atoms with van der Waals surface area (Å²) in [6.45, 7) is 6.30. The smallest absolute Gasteiger partial charge is 0.254 e. The van der Waals surface area contributed by atoms with Gasteiger partial charge in [0, 0.05) is 17.0 Å². The van der Waals surface area contributed by atoms with Crippen LogP contribution >= 0.6 is 11.3 Å². The number of carbonyl (C=O) groups excluding carboxylic acids is 1. The molecule has 0 saturated heterocycles. The summed E-state index contributed by atoms with van der Waals surface area (Å²) in [7, 11) is 0. The van der Waals surface area contributed by atoms with Crippen molar-refractivity contribution in [3.8, 4) is 0 Å². The van der Waals surface area contributed by atoms with Gasteiger partial charge < -0.3 is 4.90 Å². The molecule has 0 radical (unpaired) electrons. The molecule has 0 aliphatic rings. The highest BCUT2D eigenvalue weighted by Crippen LogP contribution is 2.16. The maximum absolute atomic E-state index is 13.6. The summed E-state index contributed by atoms with van der Waals surface area (Å²) >= 11 is 1.59. The van der Waals surface area contributed by atoms with Crippen LogP contribution in [0, 0.1) is 12.7 Å². The fourth-order valence-corrected chi connectivity index (χ4v) is 2.59. The molecular weight excluding hydrogens is 273 g/mol. The highest BCUT2D eigenvalue weighted by Gasteiger charge is 2.16. The molecule has 1 amide bonds. The van der Waals surface area contributed by atoms with Crippen molar-refractivity contribution in [2.24, 2.45) is 0 Å². The van der Waals surface area contributed by atoms with Gasteiger partial charge in [-0.25, -0.2) is 4.39 Å². The van der Waals surface area contributed by atoms with Crippen LogP contribution in [0.15, 0.2) is 48.4 Å². The van der Waals surface area contributed by atoms with Gasteiger partial charge in [-0.1, -0.05) is 18.2 Å². The van der Waals surface area contributed by atoms with Gasteiger partial charge in [-0.05, 0) is 36.1 Å². The van der Waals surface area contributed by atoms with Gasteiger partial charge in [0.25, 0.3) is 5.91 Å². The van der Waals surface area contributed by atoms with Crippen molar-refractivity contribution in [2.75, 3.05) is 6.54 Å². The predicted molar refractivity (Wildman–Crippen MR) is 80.4 cm³/mol. The van der Waals surface area contributed by atoms with Crippen LogP contribution < -0.4 is 0 Å². The lowest BCUT2D eigenvalue weighted by Gasteiger charge is -2.20. The lowest BCUT2D eigenvalue weighted by Crippen LogP contribution is -2.30. The number of amides is 1. The molecule has 0 fully saturated rings. The number of rotatable bonds is 5. The van der Waals surface area contributed by atoms with Crippen LogP contribution in [0.5, 0.6) is 0 Å². The standard InChI is InChI=1S/C16H16FNOS/c1-3-8-18(11-14-5-4-9-20-14)16(19)13-7-6-12(2)15(17)10-13/h3-7,9-10H,1,8,11H2,2H3. The summed E-state index contributed by atoms with van der Waals surface area (Å²) in [4.78, 5) is 15.2. The Morgan fingerprint density at radius 1 is 1.45 bits per heavy atom. The SMILES string of the molecule is C=CCN(Cc1cccs1)C(=O)c1ccc(C)c(F)c1. The van der Waals surface area contributed by atoms with Crippen molar-refractivity contribution >= 4 is 17.2 Å². The first-order valence-corrected chi connectivity index (χ1v) is 7.18. The second-order valence-electron chi connectivity index (χ2n) is 4.52. The molecule has 1 heterocycles. The molecule has 1 aromatic carbocycles. The molecular formula is C16H16FNOS. The number of hydrogen-bond acceptors (Lipinski definition) is 2. The van der Waals surface area contributed by atoms with E-state index >= 15 is 0 Å². The number of benzene rings is 1. The van der Waals surface area contributed by atoms with Crippen LogP contribution in [-0.4, -0.2) is 17.4 Å². The van der Waals surface area contributed by atoms with E-state index in [4.69, 9.17) is 0 Å².